The van der Waals surface area contributed by atoms with Crippen LogP contribution in [-0.2, 0) is 5.41 Å². The van der Waals surface area contributed by atoms with Gasteiger partial charge < -0.3 is 10.6 Å². The van der Waals surface area contributed by atoms with Gasteiger partial charge in [-0.3, -0.25) is 10.8 Å². The molecule has 0 aliphatic rings. The zero-order valence-electron chi connectivity index (χ0n) is 13.2. The molecular weight excluding hydrogens is 272 g/mol. The van der Waals surface area contributed by atoms with Crippen LogP contribution in [0.25, 0.3) is 0 Å². The van der Waals surface area contributed by atoms with Gasteiger partial charge in [0.2, 0.25) is 0 Å². The molecule has 4 nitrogen and oxygen atoms in total. The summed E-state index contributed by atoms with van der Waals surface area (Å²) in [6.07, 6.45) is 0. The molecule has 4 heteroatoms. The lowest BCUT2D eigenvalue weighted by Crippen LogP contribution is -2.29. The summed E-state index contributed by atoms with van der Waals surface area (Å²) in [4.78, 5) is 0. The summed E-state index contributed by atoms with van der Waals surface area (Å²) in [5.74, 6) is 0.0791. The first kappa shape index (κ1) is 15.8. The van der Waals surface area contributed by atoms with Gasteiger partial charge in [0.05, 0.1) is 0 Å². The quantitative estimate of drug-likeness (QED) is 0.487. The molecule has 4 N–H and O–H groups in total. The second-order valence-corrected chi connectivity index (χ2v) is 6.16. The van der Waals surface area contributed by atoms with Crippen LogP contribution < -0.4 is 10.6 Å². The maximum Gasteiger partial charge on any atom is 0.165 e. The molecule has 114 valence electrons. The van der Waals surface area contributed by atoms with Gasteiger partial charge in [-0.2, -0.15) is 0 Å². The lowest BCUT2D eigenvalue weighted by atomic mass is 9.86. The SMILES string of the molecule is CC(C)(C)c1ccccc1NC(=N)C(=N)Nc1ccccc1. The molecule has 2 aromatic carbocycles. The first-order chi connectivity index (χ1) is 10.4. The van der Waals surface area contributed by atoms with Gasteiger partial charge in [0.25, 0.3) is 0 Å². The van der Waals surface area contributed by atoms with Crippen molar-refractivity contribution in [1.29, 1.82) is 10.8 Å². The maximum atomic E-state index is 8.08. The lowest BCUT2D eigenvalue weighted by molar-refractivity contribution is 0.592. The number of anilines is 2. The number of benzene rings is 2. The molecule has 0 unspecified atom stereocenters. The van der Waals surface area contributed by atoms with Gasteiger partial charge >= 0.3 is 0 Å². The van der Waals surface area contributed by atoms with Crippen molar-refractivity contribution in [3.05, 3.63) is 60.2 Å². The van der Waals surface area contributed by atoms with E-state index in [9.17, 15) is 0 Å². The van der Waals surface area contributed by atoms with Gasteiger partial charge in [-0.1, -0.05) is 57.2 Å². The van der Waals surface area contributed by atoms with Crippen molar-refractivity contribution in [1.82, 2.24) is 0 Å². The Morgan fingerprint density at radius 3 is 1.95 bits per heavy atom. The second kappa shape index (κ2) is 6.43. The van der Waals surface area contributed by atoms with E-state index in [2.05, 4.69) is 31.4 Å². The van der Waals surface area contributed by atoms with Crippen LogP contribution in [0.15, 0.2) is 54.6 Å². The predicted molar refractivity (Wildman–Crippen MR) is 94.3 cm³/mol. The molecule has 0 spiro atoms. The molecule has 0 radical (unpaired) electrons. The maximum absolute atomic E-state index is 8.08. The van der Waals surface area contributed by atoms with E-state index in [1.165, 1.54) is 0 Å². The number of nitrogens with one attached hydrogen (secondary N) is 4. The fourth-order valence-electron chi connectivity index (χ4n) is 2.17. The summed E-state index contributed by atoms with van der Waals surface area (Å²) >= 11 is 0. The van der Waals surface area contributed by atoms with Crippen LogP contribution >= 0.6 is 0 Å². The Kier molecular flexibility index (Phi) is 4.61. The second-order valence-electron chi connectivity index (χ2n) is 6.16. The third-order valence-electron chi connectivity index (χ3n) is 3.29. The van der Waals surface area contributed by atoms with Gasteiger partial charge in [-0.15, -0.1) is 0 Å². The number of hydrogen-bond acceptors (Lipinski definition) is 2. The van der Waals surface area contributed by atoms with Crippen LogP contribution in [0.1, 0.15) is 26.3 Å². The Morgan fingerprint density at radius 1 is 0.773 bits per heavy atom. The number of rotatable bonds is 2. The first-order valence-corrected chi connectivity index (χ1v) is 7.24. The van der Waals surface area contributed by atoms with Crippen molar-refractivity contribution < 1.29 is 0 Å². The van der Waals surface area contributed by atoms with Crippen LogP contribution in [-0.4, -0.2) is 11.7 Å². The Bertz CT molecular complexity index is 669. The van der Waals surface area contributed by atoms with Crippen LogP contribution in [0.4, 0.5) is 11.4 Å². The average molecular weight is 294 g/mol. The van der Waals surface area contributed by atoms with Crippen LogP contribution in [0.5, 0.6) is 0 Å². The third-order valence-corrected chi connectivity index (χ3v) is 3.29. The minimum Gasteiger partial charge on any atom is -0.338 e. The molecular formula is C18H22N4. The molecule has 0 aromatic heterocycles. The molecule has 2 aromatic rings. The molecule has 0 saturated heterocycles. The van der Waals surface area contributed by atoms with Crippen molar-refractivity contribution in [3.63, 3.8) is 0 Å². The van der Waals surface area contributed by atoms with E-state index in [-0.39, 0.29) is 17.1 Å². The minimum atomic E-state index is -0.0288. The third kappa shape index (κ3) is 3.95. The van der Waals surface area contributed by atoms with Crippen molar-refractivity contribution in [3.8, 4) is 0 Å². The van der Waals surface area contributed by atoms with E-state index >= 15 is 0 Å². The Balaban J connectivity index is 2.11. The topological polar surface area (TPSA) is 71.8 Å². The van der Waals surface area contributed by atoms with E-state index in [4.69, 9.17) is 10.8 Å². The van der Waals surface area contributed by atoms with E-state index in [0.717, 1.165) is 16.9 Å². The fourth-order valence-corrected chi connectivity index (χ4v) is 2.17. The number of para-hydroxylation sites is 2. The fraction of sp³-hybridized carbons (Fsp3) is 0.222. The van der Waals surface area contributed by atoms with Gasteiger partial charge in [0.15, 0.2) is 11.7 Å². The van der Waals surface area contributed by atoms with Crippen molar-refractivity contribution in [2.24, 2.45) is 0 Å². The van der Waals surface area contributed by atoms with E-state index in [0.29, 0.717) is 0 Å². The molecule has 0 saturated carbocycles. The molecule has 0 atom stereocenters. The van der Waals surface area contributed by atoms with Crippen LogP contribution in [0.3, 0.4) is 0 Å². The zero-order chi connectivity index (χ0) is 16.2. The molecule has 0 heterocycles. The van der Waals surface area contributed by atoms with Gasteiger partial charge in [-0.25, -0.2) is 0 Å². The van der Waals surface area contributed by atoms with Crippen molar-refractivity contribution in [2.45, 2.75) is 26.2 Å². The smallest absolute Gasteiger partial charge is 0.165 e. The molecule has 0 aliphatic carbocycles. The van der Waals surface area contributed by atoms with Crippen LogP contribution in [0.2, 0.25) is 0 Å². The summed E-state index contributed by atoms with van der Waals surface area (Å²) in [6.45, 7) is 6.39. The molecule has 2 rings (SSSR count). The zero-order valence-corrected chi connectivity index (χ0v) is 13.2. The molecule has 0 aliphatic heterocycles. The van der Waals surface area contributed by atoms with Crippen molar-refractivity contribution in [2.75, 3.05) is 10.6 Å². The van der Waals surface area contributed by atoms with E-state index in [1.54, 1.807) is 0 Å². The van der Waals surface area contributed by atoms with Crippen molar-refractivity contribution >= 4 is 23.0 Å². The number of hydrogen-bond donors (Lipinski definition) is 4. The van der Waals surface area contributed by atoms with Gasteiger partial charge in [0.1, 0.15) is 0 Å². The predicted octanol–water partition coefficient (Wildman–Crippen LogP) is 4.46. The summed E-state index contributed by atoms with van der Waals surface area (Å²) < 4.78 is 0. The minimum absolute atomic E-state index is 0.0288. The monoisotopic (exact) mass is 294 g/mol. The first-order valence-electron chi connectivity index (χ1n) is 7.24. The highest BCUT2D eigenvalue weighted by molar-refractivity contribution is 6.46. The summed E-state index contributed by atoms with van der Waals surface area (Å²) in [7, 11) is 0. The van der Waals surface area contributed by atoms with E-state index in [1.807, 2.05) is 54.6 Å². The summed E-state index contributed by atoms with van der Waals surface area (Å²) in [5, 5.41) is 22.0. The molecule has 0 fully saturated rings. The highest BCUT2D eigenvalue weighted by Crippen LogP contribution is 2.29. The van der Waals surface area contributed by atoms with Crippen LogP contribution in [0, 0.1) is 10.8 Å². The average Bonchev–Trinajstić information content (AvgIpc) is 2.47. The Morgan fingerprint density at radius 2 is 1.32 bits per heavy atom. The standard InChI is InChI=1S/C18H22N4/c1-18(2,3)14-11-7-8-12-15(14)22-17(20)16(19)21-13-9-5-4-6-10-13/h4-12H,1-3H3,(H2,19,21)(H2,20,22). The van der Waals surface area contributed by atoms with E-state index < -0.39 is 0 Å². The molecule has 22 heavy (non-hydrogen) atoms. The Labute approximate surface area is 131 Å². The summed E-state index contributed by atoms with van der Waals surface area (Å²) in [5.41, 5.74) is 2.74. The highest BCUT2D eigenvalue weighted by atomic mass is 15.1. The normalized spacial score (nSPS) is 10.9. The highest BCUT2D eigenvalue weighted by Gasteiger charge is 2.18. The summed E-state index contributed by atoms with van der Waals surface area (Å²) in [6, 6.07) is 17.3. The Hall–Kier alpha value is -2.62. The van der Waals surface area contributed by atoms with Gasteiger partial charge in [0, 0.05) is 11.4 Å². The number of amidine groups is 2. The largest absolute Gasteiger partial charge is 0.338 e. The lowest BCUT2D eigenvalue weighted by Gasteiger charge is -2.23. The van der Waals surface area contributed by atoms with Gasteiger partial charge in [-0.05, 0) is 29.2 Å². The molecule has 0 amide bonds. The molecule has 0 bridgehead atoms.